The van der Waals surface area contributed by atoms with Crippen molar-refractivity contribution in [2.75, 3.05) is 0 Å². The van der Waals surface area contributed by atoms with Crippen LogP contribution in [0.4, 0.5) is 0 Å². The third kappa shape index (κ3) is 4.74. The fraction of sp³-hybridized carbons (Fsp3) is 0. The topological polar surface area (TPSA) is 53.5 Å². The molecule has 0 amide bonds. The van der Waals surface area contributed by atoms with Gasteiger partial charge in [0.15, 0.2) is 5.82 Å². The Kier molecular flexibility index (Phi) is 3.57. The first-order valence-corrected chi connectivity index (χ1v) is 17.3. The van der Waals surface area contributed by atoms with Gasteiger partial charge in [-0.3, -0.25) is 9.13 Å². The molecule has 0 unspecified atom stereocenters. The molecule has 12 rings (SSSR count). The molecule has 0 bridgehead atoms. The van der Waals surface area contributed by atoms with E-state index in [9.17, 15) is 5.48 Å². The van der Waals surface area contributed by atoms with Gasteiger partial charge in [0.2, 0.25) is 11.9 Å². The van der Waals surface area contributed by atoms with Gasteiger partial charge >= 0.3 is 0 Å². The number of hydrogen-bond acceptors (Lipinski definition) is 3. The molecule has 6 nitrogen and oxygen atoms in total. The number of aromatic nitrogens is 6. The van der Waals surface area contributed by atoms with Gasteiger partial charge in [-0.1, -0.05) is 145 Å². The molecule has 0 saturated heterocycles. The summed E-state index contributed by atoms with van der Waals surface area (Å²) in [5.41, 5.74) is -0.440. The maximum atomic E-state index is 9.25. The molecule has 4 heterocycles. The number of fused-ring (bicyclic) bond motifs is 9. The number of rotatable bonds is 5. The van der Waals surface area contributed by atoms with Crippen molar-refractivity contribution < 1.29 is 31.5 Å². The zero-order chi connectivity index (χ0) is 57.5. The quantitative estimate of drug-likeness (QED) is 0.176. The molecule has 6 heteroatoms. The minimum absolute atomic E-state index is 0.00126. The molecule has 4 aromatic heterocycles. The van der Waals surface area contributed by atoms with Crippen LogP contribution in [0.3, 0.4) is 0 Å². The lowest BCUT2D eigenvalue weighted by atomic mass is 10.0. The third-order valence-electron chi connectivity index (χ3n) is 9.76. The van der Waals surface area contributed by atoms with E-state index in [1.54, 1.807) is 42.5 Å². The van der Waals surface area contributed by atoms with E-state index < -0.39 is 167 Å². The maximum Gasteiger partial charge on any atom is 0.240 e. The van der Waals surface area contributed by atoms with Gasteiger partial charge in [0, 0.05) is 43.4 Å². The van der Waals surface area contributed by atoms with Crippen molar-refractivity contribution in [3.05, 3.63) is 194 Å². The van der Waals surface area contributed by atoms with Crippen molar-refractivity contribution in [3.8, 4) is 40.1 Å². The van der Waals surface area contributed by atoms with Crippen molar-refractivity contribution in [1.82, 2.24) is 28.7 Å². The smallest absolute Gasteiger partial charge is 0.240 e. The molecule has 12 aromatic rings. The second kappa shape index (κ2) is 12.3. The van der Waals surface area contributed by atoms with Crippen LogP contribution in [0.1, 0.15) is 31.5 Å². The fourth-order valence-corrected chi connectivity index (χ4v) is 7.39. The van der Waals surface area contributed by atoms with Crippen LogP contribution >= 0.6 is 0 Å². The van der Waals surface area contributed by atoms with E-state index in [-0.39, 0.29) is 66.5 Å². The molecule has 57 heavy (non-hydrogen) atoms. The number of para-hydroxylation sites is 7. The number of nitrogens with zero attached hydrogens (tertiary/aromatic N) is 6. The minimum Gasteiger partial charge on any atom is -0.309 e. The highest BCUT2D eigenvalue weighted by Crippen LogP contribution is 2.38. The summed E-state index contributed by atoms with van der Waals surface area (Å²) in [5.74, 6) is -1.49. The maximum absolute atomic E-state index is 9.25. The second-order valence-corrected chi connectivity index (χ2v) is 12.8. The third-order valence-corrected chi connectivity index (χ3v) is 9.76. The summed E-state index contributed by atoms with van der Waals surface area (Å²) in [7, 11) is 0. The van der Waals surface area contributed by atoms with Gasteiger partial charge < -0.3 is 4.57 Å². The lowest BCUT2D eigenvalue weighted by molar-refractivity contribution is 0.893. The predicted molar refractivity (Wildman–Crippen MR) is 234 cm³/mol. The molecule has 0 aliphatic heterocycles. The number of hydrogen-bond donors (Lipinski definition) is 0. The Morgan fingerprint density at radius 3 is 1.30 bits per heavy atom. The molecular formula is C51H32N6. The van der Waals surface area contributed by atoms with Crippen molar-refractivity contribution in [1.29, 1.82) is 0 Å². The Bertz CT molecular complexity index is 4560. The molecule has 0 spiro atoms. The van der Waals surface area contributed by atoms with Gasteiger partial charge in [-0.15, -0.1) is 0 Å². The normalized spacial score (nSPS) is 17.5. The highest BCUT2D eigenvalue weighted by atomic mass is 15.3. The summed E-state index contributed by atoms with van der Waals surface area (Å²) in [5, 5.41) is -1.43. The summed E-state index contributed by atoms with van der Waals surface area (Å²) < 4.78 is 208. The van der Waals surface area contributed by atoms with Crippen LogP contribution in [0.15, 0.2) is 194 Å². The van der Waals surface area contributed by atoms with Crippen molar-refractivity contribution >= 4 is 65.4 Å². The van der Waals surface area contributed by atoms with Crippen molar-refractivity contribution in [3.63, 3.8) is 0 Å². The highest BCUT2D eigenvalue weighted by Gasteiger charge is 2.21. The summed E-state index contributed by atoms with van der Waals surface area (Å²) in [6.07, 6.45) is 0. The van der Waals surface area contributed by atoms with E-state index in [1.165, 1.54) is 16.7 Å². The van der Waals surface area contributed by atoms with E-state index in [4.69, 9.17) is 41.0 Å². The van der Waals surface area contributed by atoms with Crippen LogP contribution in [-0.2, 0) is 0 Å². The molecule has 0 radical (unpaired) electrons. The van der Waals surface area contributed by atoms with E-state index in [1.807, 2.05) is 0 Å². The fourth-order valence-electron chi connectivity index (χ4n) is 7.39. The lowest BCUT2D eigenvalue weighted by Gasteiger charge is -2.15. The van der Waals surface area contributed by atoms with Gasteiger partial charge in [-0.05, 0) is 54.0 Å². The second-order valence-electron chi connectivity index (χ2n) is 12.8. The van der Waals surface area contributed by atoms with E-state index in [0.29, 0.717) is 11.1 Å². The highest BCUT2D eigenvalue weighted by molar-refractivity contribution is 6.11. The van der Waals surface area contributed by atoms with Crippen molar-refractivity contribution in [2.45, 2.75) is 0 Å². The molecule has 0 N–H and O–H groups in total. The summed E-state index contributed by atoms with van der Waals surface area (Å²) in [6.45, 7) is 0. The molecule has 0 aliphatic carbocycles. The molecule has 0 fully saturated rings. The van der Waals surface area contributed by atoms with Crippen LogP contribution in [0.25, 0.3) is 106 Å². The standard InChI is InChI=1S/C51H32N6/c1-8-25-42(55-43-26-9-2-19-36(43)37-20-3-10-27-44(37)55)35(18-1)33-16-15-17-34(32-33)49-52-50(56-45-28-11-4-21-38(45)39-22-5-12-29-46(39)56)54-51(53-49)57-47-30-13-6-23-40(47)41-24-7-14-31-48(41)57/h1-32H/i2D,3D,4D,5D,6D,7D,9D,10D,11D,12D,13D,14D,19D,20D,21D,22D,23D,24D,26D,28D,29D,30D,31D. The van der Waals surface area contributed by atoms with E-state index in [0.717, 1.165) is 9.13 Å². The molecule has 8 aromatic carbocycles. The van der Waals surface area contributed by atoms with Gasteiger partial charge in [0.1, 0.15) is 0 Å². The molecule has 0 saturated carbocycles. The van der Waals surface area contributed by atoms with Crippen LogP contribution in [0, 0.1) is 0 Å². The van der Waals surface area contributed by atoms with Gasteiger partial charge in [-0.2, -0.15) is 15.0 Å². The monoisotopic (exact) mass is 751 g/mol. The van der Waals surface area contributed by atoms with Gasteiger partial charge in [-0.25, -0.2) is 0 Å². The summed E-state index contributed by atoms with van der Waals surface area (Å²) in [4.78, 5) is 14.4. The lowest BCUT2D eigenvalue weighted by Crippen LogP contribution is -2.10. The predicted octanol–water partition coefficient (Wildman–Crippen LogP) is 12.5. The van der Waals surface area contributed by atoms with Gasteiger partial charge in [0.05, 0.1) is 70.3 Å². The van der Waals surface area contributed by atoms with Crippen LogP contribution in [0.5, 0.6) is 0 Å². The first kappa shape index (κ1) is 16.5. The molecule has 266 valence electrons. The Morgan fingerprint density at radius 1 is 0.351 bits per heavy atom. The molecular weight excluding hydrogens is 697 g/mol. The molecule has 0 atom stereocenters. The summed E-state index contributed by atoms with van der Waals surface area (Å²) in [6, 6.07) is -0.675. The SMILES string of the molecule is [2H]c1cc2c(c([2H])c1[2H])c1c([2H])c([2H])c([2H])c([2H])c1n2-c1ccccc1-c1cccc(-c2nc(-n3c4c([2H])c([2H])c([2H])c([2H])c4c4c([2H])c([2H])c([2H])c([2H])c43)nc(-n3c4c([2H])c([2H])c([2H])c([2H])c4c4c([2H])c([2H])c([2H])c([2H])c43)n2)c1. The van der Waals surface area contributed by atoms with Crippen LogP contribution < -0.4 is 0 Å². The Labute approximate surface area is 359 Å². The average Bonchev–Trinajstić information content (AvgIpc) is 4.35. The largest absolute Gasteiger partial charge is 0.309 e. The van der Waals surface area contributed by atoms with Crippen molar-refractivity contribution in [2.24, 2.45) is 0 Å². The Morgan fingerprint density at radius 2 is 0.772 bits per heavy atom. The van der Waals surface area contributed by atoms with Crippen LogP contribution in [-0.4, -0.2) is 28.7 Å². The van der Waals surface area contributed by atoms with Crippen LogP contribution in [0.2, 0.25) is 0 Å². The first-order valence-electron chi connectivity index (χ1n) is 28.8. The summed E-state index contributed by atoms with van der Waals surface area (Å²) >= 11 is 0. The van der Waals surface area contributed by atoms with Gasteiger partial charge in [0.25, 0.3) is 0 Å². The molecule has 0 aliphatic rings. The zero-order valence-electron chi connectivity index (χ0n) is 51.9. The zero-order valence-corrected chi connectivity index (χ0v) is 28.9. The van der Waals surface area contributed by atoms with E-state index >= 15 is 0 Å². The van der Waals surface area contributed by atoms with E-state index in [2.05, 4.69) is 0 Å². The number of benzene rings is 8. The Hall–Kier alpha value is -7.83. The first-order chi connectivity index (χ1) is 37.8. The minimum atomic E-state index is -0.770. The Balaban J connectivity index is 1.23. The average molecular weight is 752 g/mol.